The number of hydrogen-bond acceptors (Lipinski definition) is 4. The van der Waals surface area contributed by atoms with Gasteiger partial charge in [-0.05, 0) is 6.26 Å². The number of hydrogen-bond donors (Lipinski definition) is 2. The summed E-state index contributed by atoms with van der Waals surface area (Å²) in [7, 11) is 0. The lowest BCUT2D eigenvalue weighted by atomic mass is 10.3. The van der Waals surface area contributed by atoms with Crippen LogP contribution in [0, 0.1) is 0 Å². The number of aromatic nitrogens is 2. The van der Waals surface area contributed by atoms with Gasteiger partial charge in [-0.2, -0.15) is 11.8 Å². The monoisotopic (exact) mass is 214 g/mol. The molecule has 0 aliphatic rings. The molecule has 0 amide bonds. The molecule has 0 saturated carbocycles. The maximum atomic E-state index is 11.0. The van der Waals surface area contributed by atoms with E-state index in [2.05, 4.69) is 9.97 Å². The minimum absolute atomic E-state index is 0.204. The smallest absolute Gasteiger partial charge is 0.354 e. The Balaban J connectivity index is 2.95. The summed E-state index contributed by atoms with van der Waals surface area (Å²) in [5.74, 6) is 0.0391. The van der Waals surface area contributed by atoms with E-state index in [1.54, 1.807) is 11.8 Å². The predicted molar refractivity (Wildman–Crippen MR) is 53.9 cm³/mol. The fourth-order valence-corrected chi connectivity index (χ4v) is 1.33. The zero-order chi connectivity index (χ0) is 10.6. The van der Waals surface area contributed by atoms with E-state index in [1.807, 2.05) is 6.26 Å². The van der Waals surface area contributed by atoms with Gasteiger partial charge in [0.15, 0.2) is 5.69 Å². The van der Waals surface area contributed by atoms with Gasteiger partial charge in [-0.25, -0.2) is 9.78 Å². The lowest BCUT2D eigenvalue weighted by Gasteiger charge is -1.99. The first-order valence-electron chi connectivity index (χ1n) is 3.96. The molecule has 0 aliphatic heterocycles. The molecule has 5 nitrogen and oxygen atoms in total. The lowest BCUT2D eigenvalue weighted by molar-refractivity contribution is 0.0689. The third kappa shape index (κ3) is 2.88. The molecule has 1 heterocycles. The summed E-state index contributed by atoms with van der Waals surface area (Å²) in [6, 6.07) is 0.977. The Bertz CT molecular complexity index is 388. The summed E-state index contributed by atoms with van der Waals surface area (Å²) in [5.41, 5.74) is -0.627. The zero-order valence-corrected chi connectivity index (χ0v) is 8.43. The van der Waals surface area contributed by atoms with Crippen LogP contribution in [0.3, 0.4) is 0 Å². The Hall–Kier alpha value is -1.30. The van der Waals surface area contributed by atoms with Crippen molar-refractivity contribution in [3.8, 4) is 0 Å². The van der Waals surface area contributed by atoms with Crippen molar-refractivity contribution in [3.63, 3.8) is 0 Å². The number of thioether (sulfide) groups is 1. The van der Waals surface area contributed by atoms with Gasteiger partial charge in [0.05, 0.1) is 0 Å². The van der Waals surface area contributed by atoms with Crippen LogP contribution in [0.5, 0.6) is 0 Å². The molecule has 0 bridgehead atoms. The topological polar surface area (TPSA) is 83.0 Å². The second-order valence-corrected chi connectivity index (χ2v) is 3.61. The van der Waals surface area contributed by atoms with Crippen molar-refractivity contribution >= 4 is 17.7 Å². The molecular weight excluding hydrogens is 204 g/mol. The fraction of sp³-hybridized carbons (Fsp3) is 0.375. The van der Waals surface area contributed by atoms with Gasteiger partial charge in [-0.1, -0.05) is 0 Å². The summed E-state index contributed by atoms with van der Waals surface area (Å²) >= 11 is 1.61. The molecule has 0 aliphatic carbocycles. The van der Waals surface area contributed by atoms with Crippen LogP contribution >= 0.6 is 11.8 Å². The van der Waals surface area contributed by atoms with Gasteiger partial charge < -0.3 is 10.1 Å². The molecule has 0 spiro atoms. The summed E-state index contributed by atoms with van der Waals surface area (Å²) in [5, 5.41) is 8.64. The number of aromatic amines is 1. The van der Waals surface area contributed by atoms with E-state index in [4.69, 9.17) is 5.11 Å². The van der Waals surface area contributed by atoms with Crippen LogP contribution in [0.4, 0.5) is 0 Å². The quantitative estimate of drug-likeness (QED) is 0.756. The predicted octanol–water partition coefficient (Wildman–Crippen LogP) is 0.374. The highest BCUT2D eigenvalue weighted by Crippen LogP contribution is 1.98. The first kappa shape index (κ1) is 10.8. The van der Waals surface area contributed by atoms with Gasteiger partial charge in [-0.3, -0.25) is 4.79 Å². The maximum absolute atomic E-state index is 11.0. The Morgan fingerprint density at radius 1 is 1.71 bits per heavy atom. The number of nitrogens with zero attached hydrogens (tertiary/aromatic N) is 1. The van der Waals surface area contributed by atoms with Crippen molar-refractivity contribution < 1.29 is 9.90 Å². The number of rotatable bonds is 4. The highest BCUT2D eigenvalue weighted by atomic mass is 32.2. The van der Waals surface area contributed by atoms with Gasteiger partial charge in [0.2, 0.25) is 0 Å². The molecule has 0 atom stereocenters. The van der Waals surface area contributed by atoms with E-state index >= 15 is 0 Å². The first-order chi connectivity index (χ1) is 6.63. The number of H-pyrrole nitrogens is 1. The number of aromatic carboxylic acids is 1. The molecule has 1 rings (SSSR count). The van der Waals surface area contributed by atoms with Crippen LogP contribution in [0.15, 0.2) is 10.9 Å². The molecular formula is C8H10N2O3S. The largest absolute Gasteiger partial charge is 0.477 e. The molecule has 0 aromatic carbocycles. The van der Waals surface area contributed by atoms with Gasteiger partial charge in [0.1, 0.15) is 5.82 Å². The second kappa shape index (κ2) is 4.80. The molecule has 14 heavy (non-hydrogen) atoms. The van der Waals surface area contributed by atoms with Crippen molar-refractivity contribution in [1.29, 1.82) is 0 Å². The zero-order valence-electron chi connectivity index (χ0n) is 7.61. The van der Waals surface area contributed by atoms with E-state index in [-0.39, 0.29) is 5.69 Å². The second-order valence-electron chi connectivity index (χ2n) is 2.63. The third-order valence-electron chi connectivity index (χ3n) is 1.55. The molecule has 1 aromatic rings. The van der Waals surface area contributed by atoms with Crippen molar-refractivity contribution in [3.05, 3.63) is 27.9 Å². The van der Waals surface area contributed by atoms with Crippen LogP contribution in [-0.4, -0.2) is 33.1 Å². The minimum atomic E-state index is -1.18. The van der Waals surface area contributed by atoms with Crippen molar-refractivity contribution in [2.24, 2.45) is 0 Å². The highest BCUT2D eigenvalue weighted by Gasteiger charge is 2.07. The van der Waals surface area contributed by atoms with Gasteiger partial charge in [-0.15, -0.1) is 0 Å². The number of nitrogens with one attached hydrogen (secondary N) is 1. The number of carboxylic acid groups (broad SMARTS) is 1. The lowest BCUT2D eigenvalue weighted by Crippen LogP contribution is -2.16. The normalized spacial score (nSPS) is 10.1. The van der Waals surface area contributed by atoms with E-state index in [0.717, 1.165) is 11.8 Å². The SMILES string of the molecule is CSCCc1nc(C(=O)O)cc(=O)[nH]1. The third-order valence-corrected chi connectivity index (χ3v) is 2.17. The molecule has 6 heteroatoms. The molecule has 0 saturated heterocycles. The average Bonchev–Trinajstić information content (AvgIpc) is 2.14. The van der Waals surface area contributed by atoms with E-state index < -0.39 is 11.5 Å². The molecule has 0 radical (unpaired) electrons. The Morgan fingerprint density at radius 3 is 3.00 bits per heavy atom. The van der Waals surface area contributed by atoms with Crippen molar-refractivity contribution in [2.75, 3.05) is 12.0 Å². The molecule has 76 valence electrons. The Morgan fingerprint density at radius 2 is 2.43 bits per heavy atom. The molecule has 0 fully saturated rings. The summed E-state index contributed by atoms with van der Waals surface area (Å²) in [4.78, 5) is 27.9. The highest BCUT2D eigenvalue weighted by molar-refractivity contribution is 7.98. The van der Waals surface area contributed by atoms with Crippen LogP contribution in [0.2, 0.25) is 0 Å². The first-order valence-corrected chi connectivity index (χ1v) is 5.35. The Kier molecular flexibility index (Phi) is 3.70. The Labute approximate surface area is 84.6 Å². The minimum Gasteiger partial charge on any atom is -0.477 e. The van der Waals surface area contributed by atoms with Gasteiger partial charge in [0.25, 0.3) is 5.56 Å². The summed E-state index contributed by atoms with van der Waals surface area (Å²) in [6.07, 6.45) is 2.50. The van der Waals surface area contributed by atoms with Crippen LogP contribution in [-0.2, 0) is 6.42 Å². The standard InChI is InChI=1S/C8H10N2O3S/c1-14-3-2-6-9-5(8(12)13)4-7(11)10-6/h4H,2-3H2,1H3,(H,12,13)(H,9,10,11). The summed E-state index contributed by atoms with van der Waals surface area (Å²) < 4.78 is 0. The van der Waals surface area contributed by atoms with E-state index in [9.17, 15) is 9.59 Å². The molecule has 0 unspecified atom stereocenters. The summed E-state index contributed by atoms with van der Waals surface area (Å²) in [6.45, 7) is 0. The number of carboxylic acids is 1. The van der Waals surface area contributed by atoms with Gasteiger partial charge in [0, 0.05) is 18.2 Å². The fourth-order valence-electron chi connectivity index (χ4n) is 0.935. The van der Waals surface area contributed by atoms with E-state index in [1.165, 1.54) is 0 Å². The maximum Gasteiger partial charge on any atom is 0.354 e. The van der Waals surface area contributed by atoms with Crippen LogP contribution < -0.4 is 5.56 Å². The van der Waals surface area contributed by atoms with Crippen LogP contribution in [0.25, 0.3) is 0 Å². The van der Waals surface area contributed by atoms with E-state index in [0.29, 0.717) is 12.2 Å². The van der Waals surface area contributed by atoms with Crippen molar-refractivity contribution in [2.45, 2.75) is 6.42 Å². The van der Waals surface area contributed by atoms with Crippen LogP contribution in [0.1, 0.15) is 16.3 Å². The average molecular weight is 214 g/mol. The number of aryl methyl sites for hydroxylation is 1. The number of carbonyl (C=O) groups is 1. The molecule has 1 aromatic heterocycles. The van der Waals surface area contributed by atoms with Crippen molar-refractivity contribution in [1.82, 2.24) is 9.97 Å². The molecule has 2 N–H and O–H groups in total. The van der Waals surface area contributed by atoms with Gasteiger partial charge >= 0.3 is 5.97 Å².